The maximum Gasteiger partial charge on any atom is 0.307 e. The van der Waals surface area contributed by atoms with Crippen LogP contribution in [0, 0.1) is 6.92 Å². The van der Waals surface area contributed by atoms with Crippen molar-refractivity contribution in [3.8, 4) is 11.5 Å². The van der Waals surface area contributed by atoms with Crippen LogP contribution >= 0.6 is 39.9 Å². The number of esters is 1. The second-order valence-corrected chi connectivity index (χ2v) is 10.1. The molecule has 180 valence electrons. The van der Waals surface area contributed by atoms with Gasteiger partial charge >= 0.3 is 5.97 Å². The molecule has 0 saturated carbocycles. The lowest BCUT2D eigenvalue weighted by molar-refractivity contribution is -0.143. The van der Waals surface area contributed by atoms with Crippen LogP contribution in [0.4, 0.5) is 0 Å². The first-order valence-corrected chi connectivity index (χ1v) is 12.8. The number of thioether (sulfide) groups is 1. The molecule has 1 fully saturated rings. The molecular formula is C25H26BrNO5S2. The average Bonchev–Trinajstić information content (AvgIpc) is 3.07. The standard InChI is InChI=1S/C25H26BrNO5S2/c1-4-10-31-22(28)8-9-27-24(29)21(34-25(27)33)14-18-12-19(26)23(20(13-18)30-3)32-15-17-7-5-6-16(2)11-17/h5-7,11-14H,4,8-10,15H2,1-3H3/b21-14+. The lowest BCUT2D eigenvalue weighted by Gasteiger charge is -2.14. The van der Waals surface area contributed by atoms with E-state index in [4.69, 9.17) is 26.4 Å². The van der Waals surface area contributed by atoms with E-state index in [1.54, 1.807) is 13.2 Å². The first-order valence-electron chi connectivity index (χ1n) is 10.8. The largest absolute Gasteiger partial charge is 0.493 e. The van der Waals surface area contributed by atoms with Crippen LogP contribution in [-0.4, -0.2) is 41.4 Å². The summed E-state index contributed by atoms with van der Waals surface area (Å²) in [5.74, 6) is 0.560. The number of hydrogen-bond acceptors (Lipinski definition) is 7. The van der Waals surface area contributed by atoms with E-state index in [2.05, 4.69) is 22.0 Å². The number of benzene rings is 2. The number of nitrogens with zero attached hydrogens (tertiary/aromatic N) is 1. The van der Waals surface area contributed by atoms with Gasteiger partial charge in [0.2, 0.25) is 0 Å². The Bertz CT molecular complexity index is 1120. The number of ether oxygens (including phenoxy) is 3. The molecule has 0 bridgehead atoms. The zero-order chi connectivity index (χ0) is 24.7. The van der Waals surface area contributed by atoms with Gasteiger partial charge in [0.25, 0.3) is 5.91 Å². The Kier molecular flexibility index (Phi) is 9.55. The third kappa shape index (κ3) is 6.84. The van der Waals surface area contributed by atoms with Gasteiger partial charge in [-0.1, -0.05) is 60.7 Å². The number of hydrogen-bond donors (Lipinski definition) is 0. The van der Waals surface area contributed by atoms with Crippen molar-refractivity contribution in [3.05, 3.63) is 62.5 Å². The maximum atomic E-state index is 12.9. The molecule has 2 aromatic carbocycles. The minimum Gasteiger partial charge on any atom is -0.493 e. The molecule has 0 atom stereocenters. The summed E-state index contributed by atoms with van der Waals surface area (Å²) >= 11 is 10.1. The van der Waals surface area contributed by atoms with E-state index in [9.17, 15) is 9.59 Å². The Hall–Kier alpha value is -2.36. The van der Waals surface area contributed by atoms with E-state index in [1.807, 2.05) is 44.2 Å². The lowest BCUT2D eigenvalue weighted by atomic mass is 10.1. The second-order valence-electron chi connectivity index (χ2n) is 7.62. The van der Waals surface area contributed by atoms with Gasteiger partial charge in [0, 0.05) is 6.54 Å². The molecule has 1 amide bonds. The topological polar surface area (TPSA) is 65.1 Å². The smallest absolute Gasteiger partial charge is 0.307 e. The number of halogens is 1. The van der Waals surface area contributed by atoms with E-state index in [1.165, 1.54) is 16.7 Å². The van der Waals surface area contributed by atoms with Crippen LogP contribution in [0.15, 0.2) is 45.8 Å². The van der Waals surface area contributed by atoms with Crippen LogP contribution in [0.3, 0.4) is 0 Å². The zero-order valence-corrected chi connectivity index (χ0v) is 22.5. The summed E-state index contributed by atoms with van der Waals surface area (Å²) < 4.78 is 17.8. The van der Waals surface area contributed by atoms with Crippen LogP contribution in [0.2, 0.25) is 0 Å². The van der Waals surface area contributed by atoms with Crippen molar-refractivity contribution in [3.63, 3.8) is 0 Å². The SMILES string of the molecule is CCCOC(=O)CCN1C(=O)/C(=C\c2cc(Br)c(OCc3cccc(C)c3)c(OC)c2)SC1=S. The van der Waals surface area contributed by atoms with Crippen molar-refractivity contribution >= 4 is 62.2 Å². The maximum absolute atomic E-state index is 12.9. The molecule has 1 aliphatic rings. The molecule has 34 heavy (non-hydrogen) atoms. The third-order valence-corrected chi connectivity index (χ3v) is 6.86. The first kappa shape index (κ1) is 26.2. The number of thiocarbonyl (C=S) groups is 1. The van der Waals surface area contributed by atoms with Gasteiger partial charge in [0.1, 0.15) is 10.9 Å². The number of methoxy groups -OCH3 is 1. The summed E-state index contributed by atoms with van der Waals surface area (Å²) in [6.07, 6.45) is 2.61. The van der Waals surface area contributed by atoms with Gasteiger partial charge in [-0.3, -0.25) is 14.5 Å². The van der Waals surface area contributed by atoms with E-state index in [0.29, 0.717) is 38.4 Å². The molecule has 0 aromatic heterocycles. The molecule has 6 nitrogen and oxygen atoms in total. The molecule has 0 N–H and O–H groups in total. The van der Waals surface area contributed by atoms with Crippen molar-refractivity contribution < 1.29 is 23.8 Å². The minimum absolute atomic E-state index is 0.103. The monoisotopic (exact) mass is 563 g/mol. The highest BCUT2D eigenvalue weighted by Gasteiger charge is 2.32. The van der Waals surface area contributed by atoms with Crippen molar-refractivity contribution in [1.82, 2.24) is 4.90 Å². The molecule has 1 saturated heterocycles. The van der Waals surface area contributed by atoms with Crippen molar-refractivity contribution in [2.75, 3.05) is 20.3 Å². The second kappa shape index (κ2) is 12.4. The first-order chi connectivity index (χ1) is 16.3. The van der Waals surface area contributed by atoms with Gasteiger partial charge in [-0.05, 0) is 58.6 Å². The number of carbonyl (C=O) groups is 2. The molecule has 0 aliphatic carbocycles. The third-order valence-electron chi connectivity index (χ3n) is 4.90. The van der Waals surface area contributed by atoms with E-state index >= 15 is 0 Å². The van der Waals surface area contributed by atoms with Gasteiger partial charge in [0.15, 0.2) is 11.5 Å². The van der Waals surface area contributed by atoms with Gasteiger partial charge in [0.05, 0.1) is 29.5 Å². The molecule has 1 heterocycles. The highest BCUT2D eigenvalue weighted by molar-refractivity contribution is 9.10. The van der Waals surface area contributed by atoms with Crippen molar-refractivity contribution in [1.29, 1.82) is 0 Å². The van der Waals surface area contributed by atoms with E-state index in [-0.39, 0.29) is 24.8 Å². The van der Waals surface area contributed by atoms with Gasteiger partial charge in [-0.15, -0.1) is 0 Å². The molecule has 0 radical (unpaired) electrons. The van der Waals surface area contributed by atoms with Crippen LogP contribution in [0.25, 0.3) is 6.08 Å². The fourth-order valence-electron chi connectivity index (χ4n) is 3.26. The Labute approximate surface area is 217 Å². The Morgan fingerprint density at radius 1 is 1.26 bits per heavy atom. The Morgan fingerprint density at radius 3 is 2.76 bits per heavy atom. The molecule has 0 unspecified atom stereocenters. The molecular weight excluding hydrogens is 538 g/mol. The Morgan fingerprint density at radius 2 is 2.06 bits per heavy atom. The van der Waals surface area contributed by atoms with Crippen LogP contribution < -0.4 is 9.47 Å². The zero-order valence-electron chi connectivity index (χ0n) is 19.3. The summed E-state index contributed by atoms with van der Waals surface area (Å²) in [6, 6.07) is 11.8. The normalized spacial score (nSPS) is 14.6. The van der Waals surface area contributed by atoms with Gasteiger partial charge in [-0.25, -0.2) is 0 Å². The average molecular weight is 565 g/mol. The molecule has 1 aliphatic heterocycles. The minimum atomic E-state index is -0.338. The number of aryl methyl sites for hydroxylation is 1. The lowest BCUT2D eigenvalue weighted by Crippen LogP contribution is -2.30. The summed E-state index contributed by atoms with van der Waals surface area (Å²) in [5, 5.41) is 0. The fourth-order valence-corrected chi connectivity index (χ4v) is 5.14. The van der Waals surface area contributed by atoms with Crippen LogP contribution in [0.5, 0.6) is 11.5 Å². The van der Waals surface area contributed by atoms with Gasteiger partial charge < -0.3 is 14.2 Å². The molecule has 9 heteroatoms. The molecule has 2 aromatic rings. The quantitative estimate of drug-likeness (QED) is 0.203. The summed E-state index contributed by atoms with van der Waals surface area (Å²) in [5.41, 5.74) is 2.98. The number of carbonyl (C=O) groups excluding carboxylic acids is 2. The molecule has 3 rings (SSSR count). The van der Waals surface area contributed by atoms with Crippen LogP contribution in [0.1, 0.15) is 36.5 Å². The number of amides is 1. The van der Waals surface area contributed by atoms with Crippen LogP contribution in [-0.2, 0) is 20.9 Å². The summed E-state index contributed by atoms with van der Waals surface area (Å²) in [6.45, 7) is 4.93. The van der Waals surface area contributed by atoms with E-state index in [0.717, 1.165) is 23.1 Å². The van der Waals surface area contributed by atoms with Crippen molar-refractivity contribution in [2.24, 2.45) is 0 Å². The molecule has 0 spiro atoms. The highest BCUT2D eigenvalue weighted by Crippen LogP contribution is 2.39. The number of rotatable bonds is 10. The fraction of sp³-hybridized carbons (Fsp3) is 0.320. The Balaban J connectivity index is 1.72. The highest BCUT2D eigenvalue weighted by atomic mass is 79.9. The summed E-state index contributed by atoms with van der Waals surface area (Å²) in [4.78, 5) is 26.6. The predicted octanol–water partition coefficient (Wildman–Crippen LogP) is 5.89. The van der Waals surface area contributed by atoms with Crippen molar-refractivity contribution in [2.45, 2.75) is 33.3 Å². The summed E-state index contributed by atoms with van der Waals surface area (Å²) in [7, 11) is 1.57. The predicted molar refractivity (Wildman–Crippen MR) is 142 cm³/mol. The van der Waals surface area contributed by atoms with E-state index < -0.39 is 0 Å². The van der Waals surface area contributed by atoms with Gasteiger partial charge in [-0.2, -0.15) is 0 Å².